The van der Waals surface area contributed by atoms with Crippen LogP contribution < -0.4 is 0 Å². The molecule has 0 amide bonds. The molecule has 0 fully saturated rings. The van der Waals surface area contributed by atoms with Crippen LogP contribution in [-0.2, 0) is 17.6 Å². The van der Waals surface area contributed by atoms with Crippen molar-refractivity contribution in [2.45, 2.75) is 19.8 Å². The van der Waals surface area contributed by atoms with Gasteiger partial charge >= 0.3 is 0 Å². The van der Waals surface area contributed by atoms with Crippen LogP contribution in [0.4, 0.5) is 0 Å². The number of para-hydroxylation sites is 1. The third-order valence-electron chi connectivity index (χ3n) is 2.48. The molecule has 1 aromatic heterocycles. The average molecular weight is 187 g/mol. The van der Waals surface area contributed by atoms with Gasteiger partial charge in [0, 0.05) is 17.6 Å². The van der Waals surface area contributed by atoms with Gasteiger partial charge in [0.2, 0.25) is 0 Å². The molecule has 1 aromatic carbocycles. The average Bonchev–Trinajstić information content (AvgIpc) is 2.60. The number of fused-ring (bicyclic) bond motifs is 1. The van der Waals surface area contributed by atoms with E-state index < -0.39 is 0 Å². The van der Waals surface area contributed by atoms with E-state index in [1.165, 1.54) is 16.5 Å². The number of aryl methyl sites for hydroxylation is 1. The Bertz CT molecular complexity index is 456. The van der Waals surface area contributed by atoms with Crippen LogP contribution in [0.15, 0.2) is 24.3 Å². The predicted octanol–water partition coefficient (Wildman–Crippen LogP) is 2.47. The van der Waals surface area contributed by atoms with Gasteiger partial charge in [0.1, 0.15) is 6.29 Å². The van der Waals surface area contributed by atoms with Gasteiger partial charge in [0.15, 0.2) is 0 Å². The molecule has 0 bridgehead atoms. The van der Waals surface area contributed by atoms with E-state index in [1.54, 1.807) is 0 Å². The minimum absolute atomic E-state index is 0.470. The maximum absolute atomic E-state index is 10.4. The zero-order valence-electron chi connectivity index (χ0n) is 8.21. The molecule has 2 nitrogen and oxygen atoms in total. The van der Waals surface area contributed by atoms with Crippen LogP contribution in [0.1, 0.15) is 18.2 Å². The number of aromatic amines is 1. The number of carbonyl (C=O) groups is 1. The van der Waals surface area contributed by atoms with Gasteiger partial charge in [-0.1, -0.05) is 25.1 Å². The molecular formula is C12H13NO. The summed E-state index contributed by atoms with van der Waals surface area (Å²) < 4.78 is 0. The molecular weight excluding hydrogens is 174 g/mol. The van der Waals surface area contributed by atoms with Gasteiger partial charge < -0.3 is 9.78 Å². The summed E-state index contributed by atoms with van der Waals surface area (Å²) in [5.41, 5.74) is 3.47. The van der Waals surface area contributed by atoms with Gasteiger partial charge in [-0.15, -0.1) is 0 Å². The highest BCUT2D eigenvalue weighted by molar-refractivity contribution is 5.84. The van der Waals surface area contributed by atoms with Crippen molar-refractivity contribution in [3.05, 3.63) is 35.5 Å². The van der Waals surface area contributed by atoms with Gasteiger partial charge in [0.25, 0.3) is 0 Å². The lowest BCUT2D eigenvalue weighted by molar-refractivity contribution is -0.107. The molecule has 2 rings (SSSR count). The third kappa shape index (κ3) is 1.43. The van der Waals surface area contributed by atoms with Crippen molar-refractivity contribution in [1.29, 1.82) is 0 Å². The normalized spacial score (nSPS) is 10.6. The standard InChI is InChI=1S/C12H13NO/c1-2-9-4-3-5-10-8-11(6-7-14)13-12(9)10/h3-5,7-8,13H,2,6H2,1H3. The molecule has 2 heteroatoms. The number of nitrogens with one attached hydrogen (secondary N) is 1. The molecule has 0 aliphatic heterocycles. The highest BCUT2D eigenvalue weighted by Gasteiger charge is 2.03. The summed E-state index contributed by atoms with van der Waals surface area (Å²) in [5.74, 6) is 0. The predicted molar refractivity (Wildman–Crippen MR) is 57.4 cm³/mol. The first kappa shape index (κ1) is 9.00. The first-order chi connectivity index (χ1) is 6.85. The van der Waals surface area contributed by atoms with E-state index in [2.05, 4.69) is 30.1 Å². The van der Waals surface area contributed by atoms with Crippen molar-refractivity contribution in [2.75, 3.05) is 0 Å². The van der Waals surface area contributed by atoms with E-state index in [4.69, 9.17) is 0 Å². The Hall–Kier alpha value is -1.57. The first-order valence-electron chi connectivity index (χ1n) is 4.88. The number of hydrogen-bond donors (Lipinski definition) is 1. The molecule has 72 valence electrons. The quantitative estimate of drug-likeness (QED) is 0.736. The Morgan fingerprint density at radius 2 is 2.29 bits per heavy atom. The van der Waals surface area contributed by atoms with Crippen molar-refractivity contribution >= 4 is 17.2 Å². The minimum atomic E-state index is 0.470. The molecule has 0 saturated heterocycles. The number of aromatic nitrogens is 1. The molecule has 1 heterocycles. The summed E-state index contributed by atoms with van der Waals surface area (Å²) in [6.07, 6.45) is 2.41. The second-order valence-corrected chi connectivity index (χ2v) is 3.40. The lowest BCUT2D eigenvalue weighted by atomic mass is 10.1. The van der Waals surface area contributed by atoms with Crippen LogP contribution in [0.25, 0.3) is 10.9 Å². The van der Waals surface area contributed by atoms with Gasteiger partial charge in [-0.05, 0) is 23.4 Å². The molecule has 2 aromatic rings. The Morgan fingerprint density at radius 1 is 1.43 bits per heavy atom. The Morgan fingerprint density at radius 3 is 3.00 bits per heavy atom. The third-order valence-corrected chi connectivity index (χ3v) is 2.48. The van der Waals surface area contributed by atoms with Gasteiger partial charge in [-0.2, -0.15) is 0 Å². The fraction of sp³-hybridized carbons (Fsp3) is 0.250. The minimum Gasteiger partial charge on any atom is -0.358 e. The van der Waals surface area contributed by atoms with Crippen LogP contribution in [0.5, 0.6) is 0 Å². The van der Waals surface area contributed by atoms with Crippen molar-refractivity contribution in [1.82, 2.24) is 4.98 Å². The van der Waals surface area contributed by atoms with E-state index in [0.29, 0.717) is 6.42 Å². The van der Waals surface area contributed by atoms with Crippen molar-refractivity contribution in [3.63, 3.8) is 0 Å². The Kier molecular flexibility index (Phi) is 2.35. The zero-order valence-corrected chi connectivity index (χ0v) is 8.21. The molecule has 0 aliphatic rings. The molecule has 14 heavy (non-hydrogen) atoms. The zero-order chi connectivity index (χ0) is 9.97. The number of benzene rings is 1. The molecule has 0 aliphatic carbocycles. The Balaban J connectivity index is 2.57. The number of H-pyrrole nitrogens is 1. The highest BCUT2D eigenvalue weighted by atomic mass is 16.1. The first-order valence-corrected chi connectivity index (χ1v) is 4.88. The van der Waals surface area contributed by atoms with Gasteiger partial charge in [-0.3, -0.25) is 0 Å². The number of rotatable bonds is 3. The summed E-state index contributed by atoms with van der Waals surface area (Å²) in [6, 6.07) is 8.28. The molecule has 0 radical (unpaired) electrons. The summed E-state index contributed by atoms with van der Waals surface area (Å²) in [6.45, 7) is 2.13. The summed E-state index contributed by atoms with van der Waals surface area (Å²) >= 11 is 0. The van der Waals surface area contributed by atoms with E-state index in [-0.39, 0.29) is 0 Å². The summed E-state index contributed by atoms with van der Waals surface area (Å²) in [5, 5.41) is 1.20. The topological polar surface area (TPSA) is 32.9 Å². The molecule has 0 unspecified atom stereocenters. The second-order valence-electron chi connectivity index (χ2n) is 3.40. The lowest BCUT2D eigenvalue weighted by Gasteiger charge is -1.97. The summed E-state index contributed by atoms with van der Waals surface area (Å²) in [7, 11) is 0. The fourth-order valence-electron chi connectivity index (χ4n) is 1.77. The van der Waals surface area contributed by atoms with E-state index in [1.807, 2.05) is 6.07 Å². The van der Waals surface area contributed by atoms with Crippen LogP contribution in [-0.4, -0.2) is 11.3 Å². The van der Waals surface area contributed by atoms with Gasteiger partial charge in [0.05, 0.1) is 0 Å². The number of hydrogen-bond acceptors (Lipinski definition) is 1. The van der Waals surface area contributed by atoms with Crippen LogP contribution in [0.3, 0.4) is 0 Å². The Labute approximate surface area is 82.9 Å². The summed E-state index contributed by atoms with van der Waals surface area (Å²) in [4.78, 5) is 13.7. The number of carbonyl (C=O) groups excluding carboxylic acids is 1. The number of aldehydes is 1. The van der Waals surface area contributed by atoms with Crippen LogP contribution >= 0.6 is 0 Å². The van der Waals surface area contributed by atoms with E-state index >= 15 is 0 Å². The second kappa shape index (κ2) is 3.66. The molecule has 0 atom stereocenters. The van der Waals surface area contributed by atoms with E-state index in [0.717, 1.165) is 18.4 Å². The maximum Gasteiger partial charge on any atom is 0.125 e. The van der Waals surface area contributed by atoms with Crippen molar-refractivity contribution in [3.8, 4) is 0 Å². The largest absolute Gasteiger partial charge is 0.358 e. The molecule has 0 spiro atoms. The smallest absolute Gasteiger partial charge is 0.125 e. The monoisotopic (exact) mass is 187 g/mol. The van der Waals surface area contributed by atoms with Gasteiger partial charge in [-0.25, -0.2) is 0 Å². The SMILES string of the molecule is CCc1cccc2cc(CC=O)[nH]c12. The lowest BCUT2D eigenvalue weighted by Crippen LogP contribution is -1.85. The highest BCUT2D eigenvalue weighted by Crippen LogP contribution is 2.19. The fourth-order valence-corrected chi connectivity index (χ4v) is 1.77. The molecule has 0 saturated carbocycles. The van der Waals surface area contributed by atoms with E-state index in [9.17, 15) is 4.79 Å². The van der Waals surface area contributed by atoms with Crippen LogP contribution in [0, 0.1) is 0 Å². The molecule has 1 N–H and O–H groups in total. The van der Waals surface area contributed by atoms with Crippen molar-refractivity contribution in [2.24, 2.45) is 0 Å². The van der Waals surface area contributed by atoms with Crippen LogP contribution in [0.2, 0.25) is 0 Å². The van der Waals surface area contributed by atoms with Crippen molar-refractivity contribution < 1.29 is 4.79 Å². The maximum atomic E-state index is 10.4.